The minimum Gasteiger partial charge on any atom is -0.497 e. The predicted molar refractivity (Wildman–Crippen MR) is 94.6 cm³/mol. The van der Waals surface area contributed by atoms with Crippen LogP contribution in [-0.2, 0) is 16.1 Å². The number of carbonyl (C=O) groups is 2. The number of aliphatic carboxylic acids is 2. The molecule has 0 amide bonds. The molecule has 31 heavy (non-hydrogen) atoms. The van der Waals surface area contributed by atoms with Gasteiger partial charge in [-0.15, -0.1) is 0 Å². The monoisotopic (exact) mass is 456 g/mol. The van der Waals surface area contributed by atoms with Gasteiger partial charge in [-0.1, -0.05) is 0 Å². The van der Waals surface area contributed by atoms with Gasteiger partial charge < -0.3 is 19.9 Å². The van der Waals surface area contributed by atoms with Gasteiger partial charge in [-0.3, -0.25) is 9.69 Å². The lowest BCUT2D eigenvalue weighted by Crippen LogP contribution is -2.47. The van der Waals surface area contributed by atoms with Crippen molar-refractivity contribution in [3.05, 3.63) is 30.0 Å². The van der Waals surface area contributed by atoms with Gasteiger partial charge in [0, 0.05) is 36.2 Å². The molecule has 13 heteroatoms. The van der Waals surface area contributed by atoms with Crippen molar-refractivity contribution < 1.29 is 50.9 Å². The Labute approximate surface area is 171 Å². The molecule has 1 atom stereocenters. The standard InChI is InChI=1S/C16H17F3N2O3.C2HF3O2/c1-24-12-2-3-13-10(7-12)6-11(20-13)8-21-5-4-15(9-21,14(22)23)16(17,18)19;3-2(4,5)1(6)7/h2-3,6-7,20H,4-5,8-9H2,1H3,(H,22,23);(H,6,7). The Morgan fingerprint density at radius 3 is 2.23 bits per heavy atom. The number of nitrogens with one attached hydrogen (secondary N) is 1. The minimum absolute atomic E-state index is 0.0878. The molecular formula is C18H18F6N2O5. The lowest BCUT2D eigenvalue weighted by Gasteiger charge is -2.27. The van der Waals surface area contributed by atoms with E-state index >= 15 is 0 Å². The molecule has 3 rings (SSSR count). The molecule has 2 aromatic rings. The van der Waals surface area contributed by atoms with Crippen LogP contribution >= 0.6 is 0 Å². The van der Waals surface area contributed by atoms with Gasteiger partial charge in [0.15, 0.2) is 5.41 Å². The van der Waals surface area contributed by atoms with E-state index in [-0.39, 0.29) is 13.1 Å². The summed E-state index contributed by atoms with van der Waals surface area (Å²) in [5, 5.41) is 17.1. The second-order valence-corrected chi connectivity index (χ2v) is 6.90. The van der Waals surface area contributed by atoms with Gasteiger partial charge in [0.1, 0.15) is 5.75 Å². The first-order valence-corrected chi connectivity index (χ1v) is 8.68. The molecule has 0 spiro atoms. The maximum Gasteiger partial charge on any atom is 0.490 e. The molecule has 172 valence electrons. The van der Waals surface area contributed by atoms with Crippen molar-refractivity contribution >= 4 is 22.8 Å². The van der Waals surface area contributed by atoms with Gasteiger partial charge in [0.2, 0.25) is 0 Å². The van der Waals surface area contributed by atoms with Crippen molar-refractivity contribution in [1.82, 2.24) is 9.88 Å². The van der Waals surface area contributed by atoms with Crippen molar-refractivity contribution in [2.24, 2.45) is 5.41 Å². The summed E-state index contributed by atoms with van der Waals surface area (Å²) >= 11 is 0. The zero-order valence-electron chi connectivity index (χ0n) is 16.0. The van der Waals surface area contributed by atoms with E-state index in [2.05, 4.69) is 4.98 Å². The van der Waals surface area contributed by atoms with Crippen LogP contribution in [-0.4, -0.2) is 64.6 Å². The molecule has 1 aliphatic rings. The average Bonchev–Trinajstić information content (AvgIpc) is 3.24. The number of hydrogen-bond acceptors (Lipinski definition) is 4. The summed E-state index contributed by atoms with van der Waals surface area (Å²) in [7, 11) is 1.56. The number of hydrogen-bond donors (Lipinski definition) is 3. The Balaban J connectivity index is 0.000000423. The van der Waals surface area contributed by atoms with Gasteiger partial charge in [-0.05, 0) is 30.7 Å². The SMILES string of the molecule is COc1ccc2[nH]c(CN3CCC(C(=O)O)(C(F)(F)F)C3)cc2c1.O=C(O)C(F)(F)F. The van der Waals surface area contributed by atoms with E-state index in [1.807, 2.05) is 18.2 Å². The molecule has 7 nitrogen and oxygen atoms in total. The highest BCUT2D eigenvalue weighted by Crippen LogP contribution is 2.46. The highest BCUT2D eigenvalue weighted by Gasteiger charge is 2.63. The molecule has 0 bridgehead atoms. The number of carboxylic acid groups (broad SMARTS) is 2. The minimum atomic E-state index is -5.08. The Morgan fingerprint density at radius 1 is 1.16 bits per heavy atom. The van der Waals surface area contributed by atoms with E-state index in [4.69, 9.17) is 19.7 Å². The van der Waals surface area contributed by atoms with Crippen molar-refractivity contribution in [2.45, 2.75) is 25.3 Å². The topological polar surface area (TPSA) is 103 Å². The van der Waals surface area contributed by atoms with Crippen LogP contribution in [0.15, 0.2) is 24.3 Å². The van der Waals surface area contributed by atoms with Gasteiger partial charge in [0.05, 0.1) is 7.11 Å². The maximum absolute atomic E-state index is 13.2. The van der Waals surface area contributed by atoms with Gasteiger partial charge in [-0.25, -0.2) is 4.79 Å². The van der Waals surface area contributed by atoms with Gasteiger partial charge >= 0.3 is 24.3 Å². The quantitative estimate of drug-likeness (QED) is 0.607. The Morgan fingerprint density at radius 2 is 1.77 bits per heavy atom. The van der Waals surface area contributed by atoms with Gasteiger partial charge in [-0.2, -0.15) is 26.3 Å². The molecule has 3 N–H and O–H groups in total. The van der Waals surface area contributed by atoms with Crippen LogP contribution in [0, 0.1) is 5.41 Å². The van der Waals surface area contributed by atoms with E-state index in [1.54, 1.807) is 13.2 Å². The molecule has 1 fully saturated rings. The number of likely N-dealkylation sites (tertiary alicyclic amines) is 1. The highest BCUT2D eigenvalue weighted by molar-refractivity contribution is 5.82. The number of alkyl halides is 6. The number of carboxylic acids is 2. The Hall–Kier alpha value is -2.96. The fourth-order valence-corrected chi connectivity index (χ4v) is 3.17. The van der Waals surface area contributed by atoms with Crippen molar-refractivity contribution in [1.29, 1.82) is 0 Å². The zero-order valence-corrected chi connectivity index (χ0v) is 16.0. The first kappa shape index (κ1) is 24.3. The lowest BCUT2D eigenvalue weighted by molar-refractivity contribution is -0.227. The van der Waals surface area contributed by atoms with Crippen molar-refractivity contribution in [3.63, 3.8) is 0 Å². The summed E-state index contributed by atoms with van der Waals surface area (Å²) in [6, 6.07) is 7.29. The molecule has 1 aliphatic heterocycles. The Kier molecular flexibility index (Phi) is 6.78. The summed E-state index contributed by atoms with van der Waals surface area (Å²) in [6.45, 7) is -0.211. The van der Waals surface area contributed by atoms with E-state index in [9.17, 15) is 31.1 Å². The third-order valence-corrected chi connectivity index (χ3v) is 4.82. The summed E-state index contributed by atoms with van der Waals surface area (Å²) in [6.07, 6.45) is -10.3. The van der Waals surface area contributed by atoms with Crippen molar-refractivity contribution in [2.75, 3.05) is 20.2 Å². The average molecular weight is 456 g/mol. The number of methoxy groups -OCH3 is 1. The maximum atomic E-state index is 13.2. The van der Waals surface area contributed by atoms with Crippen LogP contribution < -0.4 is 4.74 Å². The van der Waals surface area contributed by atoms with Crippen LogP contribution in [0.3, 0.4) is 0 Å². The first-order chi connectivity index (χ1) is 14.2. The van der Waals surface area contributed by atoms with Crippen molar-refractivity contribution in [3.8, 4) is 5.75 Å². The smallest absolute Gasteiger partial charge is 0.490 e. The molecule has 1 aromatic carbocycles. The van der Waals surface area contributed by atoms with Crippen LogP contribution in [0.2, 0.25) is 0 Å². The number of ether oxygens (including phenoxy) is 1. The fraction of sp³-hybridized carbons (Fsp3) is 0.444. The van der Waals surface area contributed by atoms with Crippen LogP contribution in [0.1, 0.15) is 12.1 Å². The normalized spacial score (nSPS) is 19.7. The van der Waals surface area contributed by atoms with Gasteiger partial charge in [0.25, 0.3) is 0 Å². The lowest BCUT2D eigenvalue weighted by atomic mass is 9.86. The van der Waals surface area contributed by atoms with E-state index < -0.39 is 42.7 Å². The Bertz CT molecular complexity index is 955. The summed E-state index contributed by atoms with van der Waals surface area (Å²) in [5.41, 5.74) is -1.09. The van der Waals surface area contributed by atoms with E-state index in [0.29, 0.717) is 5.75 Å². The highest BCUT2D eigenvalue weighted by atomic mass is 19.4. The van der Waals surface area contributed by atoms with Crippen LogP contribution in [0.25, 0.3) is 10.9 Å². The number of H-pyrrole nitrogens is 1. The predicted octanol–water partition coefficient (Wildman–Crippen LogP) is 3.65. The number of fused-ring (bicyclic) bond motifs is 1. The molecule has 0 aliphatic carbocycles. The second kappa shape index (κ2) is 8.65. The number of rotatable bonds is 4. The van der Waals surface area contributed by atoms with Crippen LogP contribution in [0.5, 0.6) is 5.75 Å². The largest absolute Gasteiger partial charge is 0.497 e. The number of nitrogens with zero attached hydrogens (tertiary/aromatic N) is 1. The number of benzene rings is 1. The number of halogens is 6. The third-order valence-electron chi connectivity index (χ3n) is 4.82. The molecule has 1 aromatic heterocycles. The second-order valence-electron chi connectivity index (χ2n) is 6.90. The molecule has 0 radical (unpaired) electrons. The summed E-state index contributed by atoms with van der Waals surface area (Å²) in [4.78, 5) is 24.8. The summed E-state index contributed by atoms with van der Waals surface area (Å²) < 4.78 is 76.5. The molecule has 2 heterocycles. The molecule has 1 unspecified atom stereocenters. The van der Waals surface area contributed by atoms with E-state index in [1.165, 1.54) is 4.90 Å². The van der Waals surface area contributed by atoms with Crippen LogP contribution in [0.4, 0.5) is 26.3 Å². The summed E-state index contributed by atoms with van der Waals surface area (Å²) in [5.74, 6) is -3.87. The number of aromatic amines is 1. The molecular weight excluding hydrogens is 438 g/mol. The first-order valence-electron chi connectivity index (χ1n) is 8.68. The van der Waals surface area contributed by atoms with E-state index in [0.717, 1.165) is 16.6 Å². The number of aromatic nitrogens is 1. The molecule has 1 saturated heterocycles. The zero-order chi connectivity index (χ0) is 23.6. The molecule has 0 saturated carbocycles. The fourth-order valence-electron chi connectivity index (χ4n) is 3.17. The third kappa shape index (κ3) is 5.40.